The van der Waals surface area contributed by atoms with Gasteiger partial charge in [-0.15, -0.1) is 0 Å². The van der Waals surface area contributed by atoms with Crippen molar-refractivity contribution >= 4 is 30.5 Å². The van der Waals surface area contributed by atoms with Crippen molar-refractivity contribution in [3.63, 3.8) is 0 Å². The highest BCUT2D eigenvalue weighted by Gasteiger charge is 2.51. The highest BCUT2D eigenvalue weighted by Crippen LogP contribution is 2.36. The summed E-state index contributed by atoms with van der Waals surface area (Å²) in [6.07, 6.45) is 0.898. The van der Waals surface area contributed by atoms with Crippen LogP contribution in [-0.2, 0) is 14.7 Å². The predicted octanol–water partition coefficient (Wildman–Crippen LogP) is 6.83. The van der Waals surface area contributed by atoms with Gasteiger partial charge >= 0.3 is 0 Å². The van der Waals surface area contributed by atoms with Crippen LogP contribution in [0.4, 0.5) is 0 Å². The van der Waals surface area contributed by atoms with Gasteiger partial charge in [0, 0.05) is 4.90 Å². The maximum absolute atomic E-state index is 7.00. The molecule has 3 aromatic rings. The van der Waals surface area contributed by atoms with Gasteiger partial charge in [-0.2, -0.15) is 0 Å². The summed E-state index contributed by atoms with van der Waals surface area (Å²) in [5.74, 6) is 0. The van der Waals surface area contributed by atoms with E-state index in [0.29, 0.717) is 6.61 Å². The van der Waals surface area contributed by atoms with Crippen LogP contribution in [0, 0.1) is 0 Å². The predicted molar refractivity (Wildman–Crippen MR) is 160 cm³/mol. The Balaban J connectivity index is 1.59. The van der Waals surface area contributed by atoms with Gasteiger partial charge in [-0.1, -0.05) is 126 Å². The average molecular weight is 532 g/mol. The van der Waals surface area contributed by atoms with Crippen LogP contribution in [0.15, 0.2) is 101 Å². The van der Waals surface area contributed by atoms with E-state index in [9.17, 15) is 0 Å². The molecule has 0 aliphatic carbocycles. The maximum Gasteiger partial charge on any atom is 0.287 e. The molecule has 1 saturated heterocycles. The van der Waals surface area contributed by atoms with E-state index in [-0.39, 0.29) is 16.5 Å². The molecule has 1 heterocycles. The van der Waals surface area contributed by atoms with Crippen LogP contribution < -0.4 is 15.9 Å². The van der Waals surface area contributed by atoms with Crippen molar-refractivity contribution in [1.29, 1.82) is 0 Å². The fourth-order valence-corrected chi connectivity index (χ4v) is 10.0. The summed E-state index contributed by atoms with van der Waals surface area (Å²) in [5.41, 5.74) is 6.38. The van der Waals surface area contributed by atoms with Crippen molar-refractivity contribution in [1.82, 2.24) is 5.48 Å². The summed E-state index contributed by atoms with van der Waals surface area (Å²) in [6, 6.07) is 30.4. The van der Waals surface area contributed by atoms with Crippen molar-refractivity contribution in [2.24, 2.45) is 0 Å². The zero-order chi connectivity index (χ0) is 26.5. The topological polar surface area (TPSA) is 30.5 Å². The summed E-state index contributed by atoms with van der Waals surface area (Å²) in [5, 5.41) is 4.72. The lowest BCUT2D eigenvalue weighted by atomic mass is 9.87. The van der Waals surface area contributed by atoms with Crippen LogP contribution in [0.3, 0.4) is 0 Å². The zero-order valence-corrected chi connectivity index (χ0v) is 24.9. The van der Waals surface area contributed by atoms with Gasteiger partial charge in [0.25, 0.3) is 8.32 Å². The van der Waals surface area contributed by atoms with E-state index in [2.05, 4.69) is 137 Å². The molecule has 0 radical (unpaired) electrons. The van der Waals surface area contributed by atoms with Crippen LogP contribution in [0.5, 0.6) is 0 Å². The molecule has 1 N–H and O–H groups in total. The van der Waals surface area contributed by atoms with Crippen molar-refractivity contribution < 1.29 is 9.26 Å². The second-order valence-corrected chi connectivity index (χ2v) is 17.0. The van der Waals surface area contributed by atoms with Crippen LogP contribution in [0.2, 0.25) is 5.04 Å². The molecule has 0 bridgehead atoms. The number of hydroxylamine groups is 1. The summed E-state index contributed by atoms with van der Waals surface area (Å²) in [6.45, 7) is 15.0. The fourth-order valence-electron chi connectivity index (χ4n) is 4.91. The highest BCUT2D eigenvalue weighted by molar-refractivity contribution is 8.02. The quantitative estimate of drug-likeness (QED) is 0.206. The van der Waals surface area contributed by atoms with E-state index in [1.807, 2.05) is 0 Å². The first-order valence-electron chi connectivity index (χ1n) is 13.2. The highest BCUT2D eigenvalue weighted by atomic mass is 32.2. The van der Waals surface area contributed by atoms with Gasteiger partial charge in [-0.3, -0.25) is 0 Å². The van der Waals surface area contributed by atoms with Crippen molar-refractivity contribution in [2.75, 3.05) is 13.2 Å². The Morgan fingerprint density at radius 2 is 1.41 bits per heavy atom. The molecule has 1 unspecified atom stereocenters. The molecule has 0 amide bonds. The lowest BCUT2D eigenvalue weighted by Crippen LogP contribution is -2.69. The smallest absolute Gasteiger partial charge is 0.287 e. The van der Waals surface area contributed by atoms with Gasteiger partial charge in [0.15, 0.2) is 0 Å². The molecule has 3 aromatic carbocycles. The Bertz CT molecular complexity index is 1130. The molecule has 1 atom stereocenters. The second-order valence-electron chi connectivity index (χ2n) is 11.8. The fraction of sp³-hybridized carbons (Fsp3) is 0.375. The third-order valence-corrected chi connectivity index (χ3v) is 12.9. The maximum atomic E-state index is 7.00. The summed E-state index contributed by atoms with van der Waals surface area (Å²) in [7, 11) is -2.67. The Labute approximate surface area is 228 Å². The van der Waals surface area contributed by atoms with Crippen LogP contribution >= 0.6 is 11.8 Å². The molecular formula is C32H41NO2SSi. The molecule has 0 saturated carbocycles. The molecular weight excluding hydrogens is 491 g/mol. The number of ether oxygens (including phenoxy) is 1. The van der Waals surface area contributed by atoms with Gasteiger partial charge in [-0.25, -0.2) is 5.48 Å². The van der Waals surface area contributed by atoms with Crippen molar-refractivity contribution in [2.45, 2.75) is 69.4 Å². The molecule has 5 heteroatoms. The number of benzene rings is 3. The Morgan fingerprint density at radius 3 is 1.92 bits per heavy atom. The van der Waals surface area contributed by atoms with E-state index in [1.165, 1.54) is 26.4 Å². The third-order valence-electron chi connectivity index (χ3n) is 7.10. The normalized spacial score (nSPS) is 18.2. The Hall–Kier alpha value is -2.15. The number of thioether (sulfide) groups is 1. The average Bonchev–Trinajstić information content (AvgIpc) is 2.88. The number of nitrogens with one attached hydrogen (secondary N) is 1. The number of rotatable bonds is 7. The van der Waals surface area contributed by atoms with Gasteiger partial charge in [0.05, 0.1) is 19.3 Å². The molecule has 1 aliphatic rings. The van der Waals surface area contributed by atoms with Crippen LogP contribution in [0.25, 0.3) is 0 Å². The van der Waals surface area contributed by atoms with E-state index in [0.717, 1.165) is 13.0 Å². The first kappa shape index (κ1) is 27.9. The Kier molecular flexibility index (Phi) is 8.82. The lowest BCUT2D eigenvalue weighted by Gasteiger charge is -2.43. The summed E-state index contributed by atoms with van der Waals surface area (Å²) < 4.78 is 12.9. The van der Waals surface area contributed by atoms with Gasteiger partial charge in [-0.05, 0) is 55.9 Å². The monoisotopic (exact) mass is 531 g/mol. The van der Waals surface area contributed by atoms with Crippen LogP contribution in [-0.4, -0.2) is 27.6 Å². The molecule has 1 aliphatic heterocycles. The molecule has 0 spiro atoms. The Morgan fingerprint density at radius 1 is 0.838 bits per heavy atom. The summed E-state index contributed by atoms with van der Waals surface area (Å²) >= 11 is 1.78. The SMILES string of the molecule is CC(C)(C)c1ccc(S/C=C2\CCOCC2NO[Si](c2ccccc2)(c2ccccc2)C(C)(C)C)cc1. The van der Waals surface area contributed by atoms with E-state index >= 15 is 0 Å². The second kappa shape index (κ2) is 11.7. The lowest BCUT2D eigenvalue weighted by molar-refractivity contribution is 0.0485. The van der Waals surface area contributed by atoms with E-state index in [4.69, 9.17) is 9.26 Å². The molecule has 3 nitrogen and oxygen atoms in total. The van der Waals surface area contributed by atoms with Gasteiger partial charge in [0.1, 0.15) is 0 Å². The first-order valence-corrected chi connectivity index (χ1v) is 16.0. The standard InChI is InChI=1S/C32H41NO2SSi/c1-31(2,3)26-17-19-27(20-18-26)36-24-25-21-22-34-23-30(25)33-35-37(32(4,5)6,28-13-9-7-10-14-28)29-15-11-8-12-16-29/h7-20,24,30,33H,21-23H2,1-6H3/b25-24+. The van der Waals surface area contributed by atoms with Crippen LogP contribution in [0.1, 0.15) is 53.5 Å². The van der Waals surface area contributed by atoms with Crippen molar-refractivity contribution in [3.8, 4) is 0 Å². The number of hydrogen-bond acceptors (Lipinski definition) is 4. The molecule has 196 valence electrons. The largest absolute Gasteiger partial charge is 0.379 e. The molecule has 0 aromatic heterocycles. The minimum atomic E-state index is -2.67. The molecule has 4 rings (SSSR count). The van der Waals surface area contributed by atoms with E-state index < -0.39 is 8.32 Å². The number of hydrogen-bond donors (Lipinski definition) is 1. The minimum Gasteiger partial charge on any atom is -0.379 e. The minimum absolute atomic E-state index is 0.0109. The van der Waals surface area contributed by atoms with Crippen molar-refractivity contribution in [3.05, 3.63) is 101 Å². The molecule has 37 heavy (non-hydrogen) atoms. The van der Waals surface area contributed by atoms with Gasteiger partial charge in [0.2, 0.25) is 0 Å². The zero-order valence-electron chi connectivity index (χ0n) is 23.1. The van der Waals surface area contributed by atoms with E-state index in [1.54, 1.807) is 11.8 Å². The third kappa shape index (κ3) is 6.47. The van der Waals surface area contributed by atoms with Gasteiger partial charge < -0.3 is 9.26 Å². The molecule has 1 fully saturated rings. The summed E-state index contributed by atoms with van der Waals surface area (Å²) in [4.78, 5) is 1.25. The first-order chi connectivity index (χ1) is 17.6.